The van der Waals surface area contributed by atoms with Crippen molar-refractivity contribution in [3.8, 4) is 11.5 Å². The summed E-state index contributed by atoms with van der Waals surface area (Å²) in [6.45, 7) is 5.48. The standard InChI is InChI=1S/C34H39N5O8/c1-45-22-18-20-4-2-10-35-27(20)25(19-22)39-16-14-37(15-17-39)21-8-12-38(13-9-21)24-6-7-26(23-5-3-11-36-28(23)24)46-34-31(42)29(40)30(41)32(47-34)33(43)44/h2-7,10-11,18-19,21,29-32,34,40-42H,8-9,12-17H2,1H3,(H,43,44). The number of aliphatic carboxylic acids is 1. The lowest BCUT2D eigenvalue weighted by Gasteiger charge is -2.44. The number of hydrogen-bond acceptors (Lipinski definition) is 12. The van der Waals surface area contributed by atoms with Gasteiger partial charge < -0.3 is 44.4 Å². The minimum atomic E-state index is -1.79. The van der Waals surface area contributed by atoms with E-state index in [1.807, 2.05) is 30.5 Å². The third kappa shape index (κ3) is 6.01. The van der Waals surface area contributed by atoms with Crippen molar-refractivity contribution in [1.29, 1.82) is 0 Å². The molecule has 0 aliphatic carbocycles. The zero-order valence-electron chi connectivity index (χ0n) is 26.1. The maximum atomic E-state index is 11.5. The van der Waals surface area contributed by atoms with Crippen LogP contribution in [0.1, 0.15) is 12.8 Å². The highest BCUT2D eigenvalue weighted by molar-refractivity contribution is 5.95. The molecule has 13 nitrogen and oxygen atoms in total. The number of ether oxygens (including phenoxy) is 3. The molecule has 0 saturated carbocycles. The number of anilines is 2. The summed E-state index contributed by atoms with van der Waals surface area (Å²) in [5, 5.41) is 41.9. The summed E-state index contributed by atoms with van der Waals surface area (Å²) < 4.78 is 16.8. The fourth-order valence-electron chi connectivity index (χ4n) is 7.07. The number of aliphatic hydroxyl groups excluding tert-OH is 3. The van der Waals surface area contributed by atoms with Crippen LogP contribution in [0.2, 0.25) is 0 Å². The number of hydrogen-bond donors (Lipinski definition) is 4. The van der Waals surface area contributed by atoms with Gasteiger partial charge in [0.05, 0.1) is 29.5 Å². The van der Waals surface area contributed by atoms with Gasteiger partial charge in [-0.2, -0.15) is 0 Å². The van der Waals surface area contributed by atoms with Crippen LogP contribution in [0.3, 0.4) is 0 Å². The predicted molar refractivity (Wildman–Crippen MR) is 174 cm³/mol. The monoisotopic (exact) mass is 645 g/mol. The quantitative estimate of drug-likeness (QED) is 0.231. The Bertz CT molecular complexity index is 1740. The zero-order valence-corrected chi connectivity index (χ0v) is 26.1. The second kappa shape index (κ2) is 13.1. The van der Waals surface area contributed by atoms with Gasteiger partial charge in [-0.05, 0) is 49.2 Å². The number of aliphatic hydroxyl groups is 3. The van der Waals surface area contributed by atoms with Crippen molar-refractivity contribution in [2.45, 2.75) is 49.6 Å². The lowest BCUT2D eigenvalue weighted by molar-refractivity contribution is -0.270. The van der Waals surface area contributed by atoms with E-state index in [1.165, 1.54) is 0 Å². The molecule has 0 amide bonds. The predicted octanol–water partition coefficient (Wildman–Crippen LogP) is 1.85. The second-order valence-electron chi connectivity index (χ2n) is 12.3. The smallest absolute Gasteiger partial charge is 0.335 e. The Kier molecular flexibility index (Phi) is 8.73. The maximum Gasteiger partial charge on any atom is 0.335 e. The van der Waals surface area contributed by atoms with E-state index in [4.69, 9.17) is 14.2 Å². The number of carboxylic acid groups (broad SMARTS) is 1. The molecule has 5 heterocycles. The van der Waals surface area contributed by atoms with Crippen LogP contribution in [0.25, 0.3) is 21.8 Å². The number of nitrogens with zero attached hydrogens (tertiary/aromatic N) is 5. The normalized spacial score (nSPS) is 26.1. The number of piperidine rings is 1. The number of piperazine rings is 1. The van der Waals surface area contributed by atoms with E-state index in [2.05, 4.69) is 36.8 Å². The first-order valence-corrected chi connectivity index (χ1v) is 16.0. The van der Waals surface area contributed by atoms with E-state index >= 15 is 0 Å². The van der Waals surface area contributed by atoms with Gasteiger partial charge in [-0.15, -0.1) is 0 Å². The third-order valence-electron chi connectivity index (χ3n) is 9.63. The van der Waals surface area contributed by atoms with E-state index in [0.29, 0.717) is 22.7 Å². The molecule has 2 aromatic heterocycles. The van der Waals surface area contributed by atoms with E-state index in [-0.39, 0.29) is 0 Å². The molecule has 2 aromatic carbocycles. The maximum absolute atomic E-state index is 11.5. The summed E-state index contributed by atoms with van der Waals surface area (Å²) in [4.78, 5) is 28.2. The van der Waals surface area contributed by atoms with Crippen LogP contribution in [0.4, 0.5) is 11.4 Å². The van der Waals surface area contributed by atoms with Crippen molar-refractivity contribution in [2.24, 2.45) is 0 Å². The van der Waals surface area contributed by atoms with E-state index in [1.54, 1.807) is 25.4 Å². The average Bonchev–Trinajstić information content (AvgIpc) is 3.11. The molecule has 248 valence electrons. The number of carboxylic acids is 1. The molecule has 0 spiro atoms. The Morgan fingerprint density at radius 2 is 1.53 bits per heavy atom. The van der Waals surface area contributed by atoms with E-state index < -0.39 is 36.7 Å². The molecule has 4 N–H and O–H groups in total. The molecule has 3 fully saturated rings. The van der Waals surface area contributed by atoms with Crippen molar-refractivity contribution in [3.63, 3.8) is 0 Å². The lowest BCUT2D eigenvalue weighted by atomic mass is 9.99. The highest BCUT2D eigenvalue weighted by Crippen LogP contribution is 2.37. The van der Waals surface area contributed by atoms with Gasteiger partial charge in [-0.3, -0.25) is 14.9 Å². The number of fused-ring (bicyclic) bond motifs is 2. The number of carbonyl (C=O) groups is 1. The number of pyridine rings is 2. The molecule has 0 bridgehead atoms. The summed E-state index contributed by atoms with van der Waals surface area (Å²) in [5.74, 6) is -0.310. The van der Waals surface area contributed by atoms with Gasteiger partial charge in [0, 0.05) is 74.5 Å². The number of aromatic nitrogens is 2. The lowest BCUT2D eigenvalue weighted by Crippen LogP contribution is -2.61. The molecule has 5 unspecified atom stereocenters. The first-order chi connectivity index (χ1) is 22.8. The average molecular weight is 646 g/mol. The zero-order chi connectivity index (χ0) is 32.7. The summed E-state index contributed by atoms with van der Waals surface area (Å²) in [5.41, 5.74) is 3.77. The van der Waals surface area contributed by atoms with Crippen molar-refractivity contribution in [3.05, 3.63) is 60.9 Å². The molecule has 13 heteroatoms. The minimum absolute atomic E-state index is 0.320. The SMILES string of the molecule is COc1cc(N2CCN(C3CCN(c4ccc(OC5OC(C(=O)O)C(O)C(O)C5O)c5cccnc45)CC3)CC2)c2ncccc2c1. The van der Waals surface area contributed by atoms with Crippen LogP contribution in [0.15, 0.2) is 60.9 Å². The Labute approximate surface area is 271 Å². The fourth-order valence-corrected chi connectivity index (χ4v) is 7.07. The summed E-state index contributed by atoms with van der Waals surface area (Å²) in [6.07, 6.45) is -2.88. The van der Waals surface area contributed by atoms with Crippen molar-refractivity contribution in [2.75, 3.05) is 56.2 Å². The fraction of sp³-hybridized carbons (Fsp3) is 0.441. The largest absolute Gasteiger partial charge is 0.497 e. The number of rotatable bonds is 7. The van der Waals surface area contributed by atoms with E-state index in [9.17, 15) is 25.2 Å². The van der Waals surface area contributed by atoms with Gasteiger partial charge in [-0.25, -0.2) is 4.79 Å². The number of methoxy groups -OCH3 is 1. The van der Waals surface area contributed by atoms with Gasteiger partial charge in [0.2, 0.25) is 6.29 Å². The van der Waals surface area contributed by atoms with Crippen LogP contribution >= 0.6 is 0 Å². The van der Waals surface area contributed by atoms with E-state index in [0.717, 1.165) is 80.1 Å². The number of benzene rings is 2. The Morgan fingerprint density at radius 3 is 2.26 bits per heavy atom. The van der Waals surface area contributed by atoms with Gasteiger partial charge in [-0.1, -0.05) is 6.07 Å². The molecule has 3 saturated heterocycles. The first-order valence-electron chi connectivity index (χ1n) is 16.0. The summed E-state index contributed by atoms with van der Waals surface area (Å²) in [6, 6.07) is 15.9. The second-order valence-corrected chi connectivity index (χ2v) is 12.3. The third-order valence-corrected chi connectivity index (χ3v) is 9.63. The molecule has 4 aromatic rings. The Morgan fingerprint density at radius 1 is 0.830 bits per heavy atom. The van der Waals surface area contributed by atoms with Crippen LogP contribution in [0.5, 0.6) is 11.5 Å². The molecule has 7 rings (SSSR count). The van der Waals surface area contributed by atoms with Crippen molar-refractivity contribution >= 4 is 39.1 Å². The molecular formula is C34H39N5O8. The topological polar surface area (TPSA) is 161 Å². The van der Waals surface area contributed by atoms with Crippen molar-refractivity contribution in [1.82, 2.24) is 14.9 Å². The Hall–Kier alpha value is -4.27. The van der Waals surface area contributed by atoms with Crippen LogP contribution in [-0.2, 0) is 9.53 Å². The highest BCUT2D eigenvalue weighted by Gasteiger charge is 2.48. The van der Waals surface area contributed by atoms with Gasteiger partial charge >= 0.3 is 5.97 Å². The minimum Gasteiger partial charge on any atom is -0.497 e. The first kappa shape index (κ1) is 31.3. The Balaban J connectivity index is 1.01. The van der Waals surface area contributed by atoms with Gasteiger partial charge in [0.1, 0.15) is 29.8 Å². The van der Waals surface area contributed by atoms with Gasteiger partial charge in [0.25, 0.3) is 0 Å². The molecule has 3 aliphatic heterocycles. The highest BCUT2D eigenvalue weighted by atomic mass is 16.7. The van der Waals surface area contributed by atoms with Crippen molar-refractivity contribution < 1.29 is 39.4 Å². The summed E-state index contributed by atoms with van der Waals surface area (Å²) >= 11 is 0. The molecular weight excluding hydrogens is 606 g/mol. The van der Waals surface area contributed by atoms with Gasteiger partial charge in [0.15, 0.2) is 6.10 Å². The van der Waals surface area contributed by atoms with Crippen LogP contribution in [-0.4, -0.2) is 124 Å². The molecule has 5 atom stereocenters. The summed E-state index contributed by atoms with van der Waals surface area (Å²) in [7, 11) is 1.70. The van der Waals surface area contributed by atoms with Crippen LogP contribution < -0.4 is 19.3 Å². The van der Waals surface area contributed by atoms with Crippen LogP contribution in [0, 0.1) is 0 Å². The molecule has 0 radical (unpaired) electrons. The molecule has 3 aliphatic rings. The molecule has 47 heavy (non-hydrogen) atoms.